The molecule has 4 aromatic rings. The van der Waals surface area contributed by atoms with Gasteiger partial charge < -0.3 is 10.3 Å². The average Bonchev–Trinajstić information content (AvgIpc) is 3.35. The van der Waals surface area contributed by atoms with Gasteiger partial charge >= 0.3 is 0 Å². The number of amides is 1. The molecule has 1 aliphatic rings. The van der Waals surface area contributed by atoms with E-state index in [1.54, 1.807) is 16.8 Å². The first-order chi connectivity index (χ1) is 15.3. The summed E-state index contributed by atoms with van der Waals surface area (Å²) in [4.78, 5) is 12.1. The molecule has 0 atom stereocenters. The number of benzene rings is 2. The predicted molar refractivity (Wildman–Crippen MR) is 120 cm³/mol. The van der Waals surface area contributed by atoms with Crippen molar-refractivity contribution in [2.75, 3.05) is 0 Å². The van der Waals surface area contributed by atoms with E-state index in [4.69, 9.17) is 10.9 Å². The van der Waals surface area contributed by atoms with Crippen LogP contribution in [0.25, 0.3) is 16.9 Å². The van der Waals surface area contributed by atoms with Crippen LogP contribution in [0.1, 0.15) is 27.3 Å². The third-order valence-corrected chi connectivity index (χ3v) is 6.70. The van der Waals surface area contributed by atoms with Crippen LogP contribution in [0.15, 0.2) is 71.8 Å². The number of rotatable bonds is 5. The number of sulfonamides is 1. The number of carbonyl (C=O) groups excluding carboxylic acids is 1. The summed E-state index contributed by atoms with van der Waals surface area (Å²) in [6.07, 6.45) is 3.44. The second-order valence-corrected chi connectivity index (χ2v) is 9.34. The van der Waals surface area contributed by atoms with Gasteiger partial charge in [-0.15, -0.1) is 0 Å². The molecular formula is C23H21N5O3S. The van der Waals surface area contributed by atoms with Crippen LogP contribution < -0.4 is 10.9 Å². The maximum absolute atomic E-state index is 12.1. The maximum Gasteiger partial charge on any atom is 0.269 e. The molecule has 2 heterocycles. The van der Waals surface area contributed by atoms with E-state index in [-0.39, 0.29) is 10.6 Å². The van der Waals surface area contributed by atoms with Crippen LogP contribution in [0.5, 0.6) is 0 Å². The van der Waals surface area contributed by atoms with Crippen molar-refractivity contribution >= 4 is 15.9 Å². The standard InChI is InChI=1S/C23H21N5O3S/c24-23(29)21-19-10-11-20-18(12-13-27(20)14-15-4-2-1-3-5-15)22(19)28(26-21)16-6-8-17(9-7-16)32(25,30)31/h1-9,12-13H,10-11,14H2,(H2,24,29)(H2,25,30,31). The molecule has 9 heteroatoms. The molecule has 0 fully saturated rings. The second-order valence-electron chi connectivity index (χ2n) is 7.78. The third kappa shape index (κ3) is 3.41. The first kappa shape index (κ1) is 20.2. The van der Waals surface area contributed by atoms with E-state index in [2.05, 4.69) is 21.8 Å². The van der Waals surface area contributed by atoms with Crippen molar-refractivity contribution in [2.45, 2.75) is 24.3 Å². The van der Waals surface area contributed by atoms with Crippen molar-refractivity contribution in [3.05, 3.63) is 89.4 Å². The number of hydrogen-bond donors (Lipinski definition) is 2. The lowest BCUT2D eigenvalue weighted by Crippen LogP contribution is -2.16. The third-order valence-electron chi connectivity index (χ3n) is 5.77. The molecule has 0 bridgehead atoms. The van der Waals surface area contributed by atoms with Gasteiger partial charge in [0.2, 0.25) is 10.0 Å². The van der Waals surface area contributed by atoms with Crippen molar-refractivity contribution < 1.29 is 13.2 Å². The van der Waals surface area contributed by atoms with Crippen LogP contribution >= 0.6 is 0 Å². The van der Waals surface area contributed by atoms with Gasteiger partial charge in [0.25, 0.3) is 5.91 Å². The molecule has 162 valence electrons. The van der Waals surface area contributed by atoms with Gasteiger partial charge in [-0.3, -0.25) is 4.79 Å². The van der Waals surface area contributed by atoms with E-state index in [0.717, 1.165) is 35.5 Å². The molecule has 32 heavy (non-hydrogen) atoms. The Bertz CT molecular complexity index is 1440. The van der Waals surface area contributed by atoms with Gasteiger partial charge in [0.15, 0.2) is 5.69 Å². The maximum atomic E-state index is 12.1. The van der Waals surface area contributed by atoms with E-state index >= 15 is 0 Å². The van der Waals surface area contributed by atoms with Gasteiger partial charge in [0, 0.05) is 29.6 Å². The van der Waals surface area contributed by atoms with Gasteiger partial charge in [0.1, 0.15) is 0 Å². The fourth-order valence-corrected chi connectivity index (χ4v) is 4.81. The van der Waals surface area contributed by atoms with Crippen molar-refractivity contribution in [2.24, 2.45) is 10.9 Å². The van der Waals surface area contributed by atoms with Crippen LogP contribution in [-0.4, -0.2) is 28.7 Å². The average molecular weight is 448 g/mol. The van der Waals surface area contributed by atoms with Gasteiger partial charge in [-0.25, -0.2) is 18.2 Å². The molecule has 2 aromatic heterocycles. The SMILES string of the molecule is NC(=O)c1nn(-c2ccc(S(N)(=O)=O)cc2)c2c1CCc1c-2ccn1Cc1ccccc1. The molecule has 2 aromatic carbocycles. The van der Waals surface area contributed by atoms with Gasteiger partial charge in [-0.2, -0.15) is 5.10 Å². The predicted octanol–water partition coefficient (Wildman–Crippen LogP) is 2.23. The van der Waals surface area contributed by atoms with Crippen molar-refractivity contribution in [3.63, 3.8) is 0 Å². The molecular weight excluding hydrogens is 426 g/mol. The Hall–Kier alpha value is -3.69. The second kappa shape index (κ2) is 7.47. The number of aromatic nitrogens is 3. The highest BCUT2D eigenvalue weighted by Gasteiger charge is 2.29. The largest absolute Gasteiger partial charge is 0.364 e. The fourth-order valence-electron chi connectivity index (χ4n) is 4.30. The monoisotopic (exact) mass is 447 g/mol. The van der Waals surface area contributed by atoms with Crippen molar-refractivity contribution in [1.29, 1.82) is 0 Å². The van der Waals surface area contributed by atoms with E-state index in [1.165, 1.54) is 17.7 Å². The Kier molecular flexibility index (Phi) is 4.72. The van der Waals surface area contributed by atoms with Crippen molar-refractivity contribution in [1.82, 2.24) is 14.3 Å². The van der Waals surface area contributed by atoms with Crippen molar-refractivity contribution in [3.8, 4) is 16.9 Å². The zero-order valence-electron chi connectivity index (χ0n) is 17.1. The number of fused-ring (bicyclic) bond motifs is 3. The van der Waals surface area contributed by atoms with Gasteiger partial charge in [0.05, 0.1) is 16.3 Å². The van der Waals surface area contributed by atoms with Crippen LogP contribution in [0.3, 0.4) is 0 Å². The minimum absolute atomic E-state index is 0.00658. The number of primary sulfonamides is 1. The minimum Gasteiger partial charge on any atom is -0.364 e. The number of nitrogens with two attached hydrogens (primary N) is 2. The van der Waals surface area contributed by atoms with Crippen LogP contribution in [0.4, 0.5) is 0 Å². The highest BCUT2D eigenvalue weighted by Crippen LogP contribution is 2.38. The van der Waals surface area contributed by atoms with Gasteiger partial charge in [-0.05, 0) is 48.7 Å². The van der Waals surface area contributed by atoms with E-state index < -0.39 is 15.9 Å². The molecule has 1 amide bonds. The summed E-state index contributed by atoms with van der Waals surface area (Å²) in [5, 5.41) is 9.71. The van der Waals surface area contributed by atoms with Crippen LogP contribution in [0, 0.1) is 0 Å². The summed E-state index contributed by atoms with van der Waals surface area (Å²) in [5.41, 5.74) is 11.4. The summed E-state index contributed by atoms with van der Waals surface area (Å²) in [6, 6.07) is 18.3. The highest BCUT2D eigenvalue weighted by atomic mass is 32.2. The normalized spacial score (nSPS) is 12.9. The Morgan fingerprint density at radius 3 is 2.38 bits per heavy atom. The molecule has 0 unspecified atom stereocenters. The van der Waals surface area contributed by atoms with E-state index in [0.29, 0.717) is 12.1 Å². The smallest absolute Gasteiger partial charge is 0.269 e. The van der Waals surface area contributed by atoms with Crippen LogP contribution in [0.2, 0.25) is 0 Å². The first-order valence-corrected chi connectivity index (χ1v) is 11.6. The minimum atomic E-state index is -3.81. The molecule has 1 aliphatic carbocycles. The molecule has 0 spiro atoms. The lowest BCUT2D eigenvalue weighted by atomic mass is 9.93. The van der Waals surface area contributed by atoms with E-state index in [1.807, 2.05) is 30.5 Å². The first-order valence-electron chi connectivity index (χ1n) is 10.1. The fraction of sp³-hybridized carbons (Fsp3) is 0.130. The molecule has 4 N–H and O–H groups in total. The molecule has 0 saturated heterocycles. The number of nitrogens with zero attached hydrogens (tertiary/aromatic N) is 3. The van der Waals surface area contributed by atoms with Gasteiger partial charge in [-0.1, -0.05) is 30.3 Å². The molecule has 0 saturated carbocycles. The quantitative estimate of drug-likeness (QED) is 0.486. The summed E-state index contributed by atoms with van der Waals surface area (Å²) in [5.74, 6) is -0.590. The Morgan fingerprint density at radius 2 is 1.72 bits per heavy atom. The zero-order valence-corrected chi connectivity index (χ0v) is 17.9. The Morgan fingerprint density at radius 1 is 1.00 bits per heavy atom. The number of hydrogen-bond acceptors (Lipinski definition) is 4. The molecule has 8 nitrogen and oxygen atoms in total. The summed E-state index contributed by atoms with van der Waals surface area (Å²) < 4.78 is 27.1. The zero-order chi connectivity index (χ0) is 22.5. The topological polar surface area (TPSA) is 126 Å². The Labute approximate surface area is 185 Å². The molecule has 0 aliphatic heterocycles. The Balaban J connectivity index is 1.63. The van der Waals surface area contributed by atoms with E-state index in [9.17, 15) is 13.2 Å². The number of carbonyl (C=O) groups is 1. The lowest BCUT2D eigenvalue weighted by Gasteiger charge is -2.18. The van der Waals surface area contributed by atoms with Crippen LogP contribution in [-0.2, 0) is 29.4 Å². The number of primary amides is 1. The summed E-state index contributed by atoms with van der Waals surface area (Å²) in [7, 11) is -3.81. The summed E-state index contributed by atoms with van der Waals surface area (Å²) in [6.45, 7) is 0.741. The lowest BCUT2D eigenvalue weighted by molar-refractivity contribution is 0.0994. The molecule has 5 rings (SSSR count). The summed E-state index contributed by atoms with van der Waals surface area (Å²) >= 11 is 0. The molecule has 0 radical (unpaired) electrons. The highest BCUT2D eigenvalue weighted by molar-refractivity contribution is 7.89.